The van der Waals surface area contributed by atoms with E-state index in [2.05, 4.69) is 0 Å². The van der Waals surface area contributed by atoms with Gasteiger partial charge in [0.2, 0.25) is 5.91 Å². The van der Waals surface area contributed by atoms with Gasteiger partial charge in [0, 0.05) is 6.54 Å². The summed E-state index contributed by atoms with van der Waals surface area (Å²) in [6.07, 6.45) is -4.54. The lowest BCUT2D eigenvalue weighted by molar-refractivity contribution is -0.157. The summed E-state index contributed by atoms with van der Waals surface area (Å²) < 4.78 is 43.4. The SMILES string of the molecule is CCCN(C)Cc1cc(O)c2c(c1C(F)(F)F)CC1CC3C(C(=O)C(C(N)=O)C(=O)C3N(C)C)C(=O)C1C2=O. The Morgan fingerprint density at radius 1 is 1.08 bits per heavy atom. The zero-order valence-corrected chi connectivity index (χ0v) is 22.2. The largest absolute Gasteiger partial charge is 0.507 e. The minimum atomic E-state index is -4.84. The molecule has 0 radical (unpaired) electrons. The van der Waals surface area contributed by atoms with Crippen LogP contribution >= 0.6 is 0 Å². The number of primary amides is 1. The molecule has 1 amide bonds. The summed E-state index contributed by atoms with van der Waals surface area (Å²) in [6.45, 7) is 2.28. The van der Waals surface area contributed by atoms with Gasteiger partial charge in [0.15, 0.2) is 29.1 Å². The van der Waals surface area contributed by atoms with Crippen LogP contribution < -0.4 is 5.73 Å². The van der Waals surface area contributed by atoms with Crippen LogP contribution in [-0.4, -0.2) is 77.7 Å². The molecular formula is C27H32F3N3O6. The van der Waals surface area contributed by atoms with Crippen LogP contribution in [0.2, 0.25) is 0 Å². The first kappa shape index (κ1) is 28.9. The molecule has 0 spiro atoms. The molecular weight excluding hydrogens is 519 g/mol. The second kappa shape index (κ2) is 10.1. The number of aromatic hydroxyl groups is 1. The summed E-state index contributed by atoms with van der Waals surface area (Å²) in [5, 5.41) is 10.8. The van der Waals surface area contributed by atoms with E-state index in [9.17, 15) is 42.3 Å². The van der Waals surface area contributed by atoms with Crippen molar-refractivity contribution in [1.29, 1.82) is 0 Å². The number of phenolic OH excluding ortho intramolecular Hbond substituents is 1. The summed E-state index contributed by atoms with van der Waals surface area (Å²) in [6, 6.07) is -0.131. The molecule has 9 nitrogen and oxygen atoms in total. The quantitative estimate of drug-likeness (QED) is 0.509. The van der Waals surface area contributed by atoms with Gasteiger partial charge < -0.3 is 15.7 Å². The fourth-order valence-corrected chi connectivity index (χ4v) is 6.99. The molecule has 4 rings (SSSR count). The average molecular weight is 552 g/mol. The molecule has 1 aromatic carbocycles. The van der Waals surface area contributed by atoms with Crippen LogP contribution in [0.25, 0.3) is 0 Å². The van der Waals surface area contributed by atoms with E-state index in [1.165, 1.54) is 19.0 Å². The summed E-state index contributed by atoms with van der Waals surface area (Å²) in [5.41, 5.74) is 3.20. The summed E-state index contributed by atoms with van der Waals surface area (Å²) in [4.78, 5) is 68.8. The first-order valence-electron chi connectivity index (χ1n) is 12.9. The second-order valence-corrected chi connectivity index (χ2v) is 11.2. The molecule has 1 aromatic rings. The maximum absolute atomic E-state index is 14.5. The number of carbonyl (C=O) groups is 5. The highest BCUT2D eigenvalue weighted by atomic mass is 19.4. The number of benzene rings is 1. The summed E-state index contributed by atoms with van der Waals surface area (Å²) in [7, 11) is 4.72. The maximum Gasteiger partial charge on any atom is 0.417 e. The number of halogens is 3. The third-order valence-electron chi connectivity index (χ3n) is 8.32. The number of ketones is 4. The third-order valence-corrected chi connectivity index (χ3v) is 8.32. The van der Waals surface area contributed by atoms with Crippen molar-refractivity contribution in [3.63, 3.8) is 0 Å². The first-order valence-corrected chi connectivity index (χ1v) is 12.9. The molecule has 2 saturated carbocycles. The molecule has 212 valence electrons. The number of hydrogen-bond donors (Lipinski definition) is 2. The van der Waals surface area contributed by atoms with Crippen molar-refractivity contribution in [1.82, 2.24) is 9.80 Å². The minimum Gasteiger partial charge on any atom is -0.507 e. The molecule has 6 atom stereocenters. The first-order chi connectivity index (χ1) is 18.1. The van der Waals surface area contributed by atoms with Gasteiger partial charge in [0.05, 0.1) is 29.0 Å². The number of nitrogens with zero attached hydrogens (tertiary/aromatic N) is 2. The number of Topliss-reactive ketones (excluding diaryl/α,β-unsaturated/α-hetero) is 4. The fourth-order valence-electron chi connectivity index (χ4n) is 6.99. The Labute approximate surface area is 223 Å². The molecule has 6 unspecified atom stereocenters. The van der Waals surface area contributed by atoms with E-state index in [1.807, 2.05) is 6.92 Å². The zero-order valence-electron chi connectivity index (χ0n) is 22.2. The van der Waals surface area contributed by atoms with Gasteiger partial charge in [0.25, 0.3) is 0 Å². The molecule has 0 saturated heterocycles. The van der Waals surface area contributed by atoms with Gasteiger partial charge in [-0.3, -0.25) is 28.9 Å². The molecule has 39 heavy (non-hydrogen) atoms. The predicted molar refractivity (Wildman–Crippen MR) is 132 cm³/mol. The number of hydrogen-bond acceptors (Lipinski definition) is 8. The maximum atomic E-state index is 14.5. The molecule has 0 aromatic heterocycles. The van der Waals surface area contributed by atoms with E-state index < -0.39 is 87.7 Å². The third kappa shape index (κ3) is 4.67. The smallest absolute Gasteiger partial charge is 0.417 e. The van der Waals surface area contributed by atoms with Gasteiger partial charge in [0.1, 0.15) is 5.75 Å². The van der Waals surface area contributed by atoms with Crippen LogP contribution in [0.4, 0.5) is 13.2 Å². The number of alkyl halides is 3. The topological polar surface area (TPSA) is 138 Å². The second-order valence-electron chi connectivity index (χ2n) is 11.2. The molecule has 0 heterocycles. The number of amides is 1. The molecule has 0 bridgehead atoms. The van der Waals surface area contributed by atoms with Crippen molar-refractivity contribution in [2.24, 2.45) is 35.3 Å². The Kier molecular flexibility index (Phi) is 7.50. The number of fused-ring (bicyclic) bond motifs is 3. The van der Waals surface area contributed by atoms with Crippen LogP contribution in [0.1, 0.15) is 46.8 Å². The van der Waals surface area contributed by atoms with Crippen molar-refractivity contribution in [2.75, 3.05) is 27.7 Å². The predicted octanol–water partition coefficient (Wildman–Crippen LogP) is 1.61. The lowest BCUT2D eigenvalue weighted by Gasteiger charge is -2.48. The van der Waals surface area contributed by atoms with Crippen LogP contribution in [-0.2, 0) is 38.3 Å². The van der Waals surface area contributed by atoms with Crippen molar-refractivity contribution in [3.8, 4) is 5.75 Å². The van der Waals surface area contributed by atoms with E-state index in [1.54, 1.807) is 11.9 Å². The molecule has 0 aliphatic heterocycles. The lowest BCUT2D eigenvalue weighted by Crippen LogP contribution is -2.64. The molecule has 3 N–H and O–H groups in total. The van der Waals surface area contributed by atoms with Gasteiger partial charge in [-0.1, -0.05) is 6.92 Å². The minimum absolute atomic E-state index is 0.0594. The fraction of sp³-hybridized carbons (Fsp3) is 0.593. The summed E-state index contributed by atoms with van der Waals surface area (Å²) >= 11 is 0. The lowest BCUT2D eigenvalue weighted by atomic mass is 9.54. The molecule has 2 fully saturated rings. The van der Waals surface area contributed by atoms with Gasteiger partial charge in [-0.2, -0.15) is 13.2 Å². The van der Waals surface area contributed by atoms with E-state index in [0.29, 0.717) is 13.0 Å². The number of likely N-dealkylation sites (N-methyl/N-ethyl adjacent to an activating group) is 1. The Hall–Kier alpha value is -3.12. The van der Waals surface area contributed by atoms with Crippen LogP contribution in [0.3, 0.4) is 0 Å². The Morgan fingerprint density at radius 3 is 2.26 bits per heavy atom. The highest BCUT2D eigenvalue weighted by Gasteiger charge is 2.61. The van der Waals surface area contributed by atoms with Gasteiger partial charge in [-0.05, 0) is 76.0 Å². The molecule has 3 aliphatic carbocycles. The van der Waals surface area contributed by atoms with E-state index in [-0.39, 0.29) is 30.5 Å². The molecule has 12 heteroatoms. The normalized spacial score (nSPS) is 28.9. The van der Waals surface area contributed by atoms with Crippen molar-refractivity contribution < 1.29 is 42.3 Å². The van der Waals surface area contributed by atoms with E-state index in [4.69, 9.17) is 5.73 Å². The van der Waals surface area contributed by atoms with Gasteiger partial charge in [-0.15, -0.1) is 0 Å². The zero-order chi connectivity index (χ0) is 29.1. The molecule has 3 aliphatic rings. The van der Waals surface area contributed by atoms with Crippen molar-refractivity contribution in [2.45, 2.75) is 44.9 Å². The van der Waals surface area contributed by atoms with Gasteiger partial charge in [-0.25, -0.2) is 0 Å². The monoisotopic (exact) mass is 551 g/mol. The van der Waals surface area contributed by atoms with Crippen molar-refractivity contribution >= 4 is 29.0 Å². The van der Waals surface area contributed by atoms with Crippen LogP contribution in [0.5, 0.6) is 5.75 Å². The Morgan fingerprint density at radius 2 is 1.72 bits per heavy atom. The van der Waals surface area contributed by atoms with Gasteiger partial charge >= 0.3 is 6.18 Å². The average Bonchev–Trinajstić information content (AvgIpc) is 2.77. The number of rotatable bonds is 6. The number of phenols is 1. The van der Waals surface area contributed by atoms with E-state index in [0.717, 1.165) is 6.07 Å². The summed E-state index contributed by atoms with van der Waals surface area (Å²) in [5.74, 6) is -12.1. The number of nitrogens with two attached hydrogens (primary N) is 1. The van der Waals surface area contributed by atoms with E-state index >= 15 is 0 Å². The Bertz CT molecular complexity index is 1260. The van der Waals surface area contributed by atoms with Crippen LogP contribution in [0, 0.1) is 29.6 Å². The highest BCUT2D eigenvalue weighted by molar-refractivity contribution is 6.28. The van der Waals surface area contributed by atoms with Crippen LogP contribution in [0.15, 0.2) is 6.07 Å². The number of carbonyl (C=O) groups excluding carboxylic acids is 5. The Balaban J connectivity index is 1.85. The standard InChI is InChI=1S/C27H32F3N3O6/c1-5-6-33(4)10-12-9-15(34)17-13(20(12)27(28,29)30)7-11-8-14-18(23(36)16(11)22(17)35)24(37)19(26(31)39)25(38)21(14)32(2)3/h9,11,14,16,18-19,21,34H,5-8,10H2,1-4H3,(H2,31,39). The van der Waals surface area contributed by atoms with Crippen molar-refractivity contribution in [3.05, 3.63) is 28.3 Å². The highest BCUT2D eigenvalue weighted by Crippen LogP contribution is 2.51.